The van der Waals surface area contributed by atoms with Gasteiger partial charge in [0.15, 0.2) is 0 Å². The van der Waals surface area contributed by atoms with Crippen LogP contribution in [0.5, 0.6) is 11.6 Å². The first-order valence-corrected chi connectivity index (χ1v) is 7.68. The number of halogens is 3. The maximum atomic E-state index is 13.3. The van der Waals surface area contributed by atoms with E-state index in [4.69, 9.17) is 9.47 Å². The van der Waals surface area contributed by atoms with E-state index in [-0.39, 0.29) is 49.1 Å². The molecule has 2 heterocycles. The summed E-state index contributed by atoms with van der Waals surface area (Å²) in [6.45, 7) is 1.87. The van der Waals surface area contributed by atoms with Crippen LogP contribution < -0.4 is 15.4 Å². The van der Waals surface area contributed by atoms with E-state index in [2.05, 4.69) is 15.6 Å². The molecule has 1 aromatic carbocycles. The zero-order valence-corrected chi connectivity index (χ0v) is 15.4. The summed E-state index contributed by atoms with van der Waals surface area (Å²) < 4.78 is 24.2. The maximum absolute atomic E-state index is 13.3. The van der Waals surface area contributed by atoms with E-state index in [9.17, 15) is 9.18 Å². The number of nitrogens with one attached hydrogen (secondary N) is 2. The normalized spacial score (nSPS) is 16.0. The van der Waals surface area contributed by atoms with E-state index in [1.165, 1.54) is 12.1 Å². The van der Waals surface area contributed by atoms with Crippen LogP contribution >= 0.6 is 24.8 Å². The van der Waals surface area contributed by atoms with Gasteiger partial charge in [-0.2, -0.15) is 0 Å². The van der Waals surface area contributed by atoms with Crippen molar-refractivity contribution in [2.45, 2.75) is 12.6 Å². The van der Waals surface area contributed by atoms with Crippen LogP contribution in [0, 0.1) is 5.82 Å². The Kier molecular flexibility index (Phi) is 9.29. The summed E-state index contributed by atoms with van der Waals surface area (Å²) in [5.74, 6) is 0.150. The highest BCUT2D eigenvalue weighted by molar-refractivity contribution is 5.85. The number of nitrogens with zero attached hydrogens (tertiary/aromatic N) is 1. The van der Waals surface area contributed by atoms with Gasteiger partial charge in [-0.1, -0.05) is 12.1 Å². The standard InChI is InChI=1S/C17H18FN3O3.2ClH/c18-13-4-1-5-14(9-13)24-17-12(3-2-6-20-17)10-21-16(22)15-11-23-8-7-19-15;;/h1-6,9,15,19H,7-8,10-11H2,(H,21,22);2*1H. The summed E-state index contributed by atoms with van der Waals surface area (Å²) >= 11 is 0. The summed E-state index contributed by atoms with van der Waals surface area (Å²) in [4.78, 5) is 16.3. The Labute approximate surface area is 163 Å². The highest BCUT2D eigenvalue weighted by atomic mass is 35.5. The number of carbonyl (C=O) groups is 1. The molecule has 1 saturated heterocycles. The van der Waals surface area contributed by atoms with Gasteiger partial charge in [-0.05, 0) is 18.2 Å². The van der Waals surface area contributed by atoms with Crippen molar-refractivity contribution in [1.29, 1.82) is 0 Å². The number of amides is 1. The molecule has 142 valence electrons. The average Bonchev–Trinajstić information content (AvgIpc) is 2.61. The third-order valence-electron chi connectivity index (χ3n) is 3.55. The summed E-state index contributed by atoms with van der Waals surface area (Å²) in [5, 5.41) is 5.92. The lowest BCUT2D eigenvalue weighted by atomic mass is 10.2. The molecule has 6 nitrogen and oxygen atoms in total. The van der Waals surface area contributed by atoms with Crippen molar-refractivity contribution >= 4 is 30.7 Å². The summed E-state index contributed by atoms with van der Waals surface area (Å²) in [6.07, 6.45) is 1.58. The van der Waals surface area contributed by atoms with E-state index >= 15 is 0 Å². The van der Waals surface area contributed by atoms with Crippen molar-refractivity contribution < 1.29 is 18.7 Å². The Balaban J connectivity index is 0.00000169. The third kappa shape index (κ3) is 6.10. The lowest BCUT2D eigenvalue weighted by Gasteiger charge is -2.23. The second kappa shape index (κ2) is 10.9. The predicted octanol–water partition coefficient (Wildman–Crippen LogP) is 2.46. The molecule has 2 N–H and O–H groups in total. The monoisotopic (exact) mass is 403 g/mol. The molecule has 2 aromatic rings. The zero-order chi connectivity index (χ0) is 16.8. The number of hydrogen-bond donors (Lipinski definition) is 2. The smallest absolute Gasteiger partial charge is 0.239 e. The Hall–Kier alpha value is -1.93. The van der Waals surface area contributed by atoms with Crippen molar-refractivity contribution in [3.05, 3.63) is 54.0 Å². The molecular weight excluding hydrogens is 384 g/mol. The fraction of sp³-hybridized carbons (Fsp3) is 0.294. The summed E-state index contributed by atoms with van der Waals surface area (Å²) in [5.41, 5.74) is 0.701. The lowest BCUT2D eigenvalue weighted by molar-refractivity contribution is -0.126. The molecule has 0 saturated carbocycles. The second-order valence-corrected chi connectivity index (χ2v) is 5.33. The number of morpholine rings is 1. The van der Waals surface area contributed by atoms with Gasteiger partial charge in [-0.3, -0.25) is 4.79 Å². The average molecular weight is 404 g/mol. The van der Waals surface area contributed by atoms with Gasteiger partial charge in [0.25, 0.3) is 0 Å². The molecule has 0 radical (unpaired) electrons. The van der Waals surface area contributed by atoms with Crippen molar-refractivity contribution in [2.75, 3.05) is 19.8 Å². The SMILES string of the molecule is Cl.Cl.O=C(NCc1cccnc1Oc1cccc(F)c1)C1COCCN1. The minimum absolute atomic E-state index is 0. The van der Waals surface area contributed by atoms with Gasteiger partial charge in [-0.25, -0.2) is 9.37 Å². The van der Waals surface area contributed by atoms with E-state index in [0.29, 0.717) is 37.0 Å². The van der Waals surface area contributed by atoms with Gasteiger partial charge in [0.2, 0.25) is 11.8 Å². The highest BCUT2D eigenvalue weighted by Gasteiger charge is 2.21. The third-order valence-corrected chi connectivity index (χ3v) is 3.55. The largest absolute Gasteiger partial charge is 0.439 e. The molecule has 26 heavy (non-hydrogen) atoms. The molecular formula is C17H20Cl2FN3O3. The molecule has 1 unspecified atom stereocenters. The highest BCUT2D eigenvalue weighted by Crippen LogP contribution is 2.23. The molecule has 1 amide bonds. The van der Waals surface area contributed by atoms with Crippen LogP contribution in [-0.4, -0.2) is 36.7 Å². The lowest BCUT2D eigenvalue weighted by Crippen LogP contribution is -2.51. The van der Waals surface area contributed by atoms with Gasteiger partial charge in [-0.15, -0.1) is 24.8 Å². The Morgan fingerprint density at radius 1 is 1.35 bits per heavy atom. The first kappa shape index (κ1) is 22.1. The quantitative estimate of drug-likeness (QED) is 0.801. The van der Waals surface area contributed by atoms with Crippen molar-refractivity contribution in [1.82, 2.24) is 15.6 Å². The van der Waals surface area contributed by atoms with Crippen molar-refractivity contribution in [3.8, 4) is 11.6 Å². The minimum Gasteiger partial charge on any atom is -0.439 e. The fourth-order valence-corrected chi connectivity index (χ4v) is 2.33. The van der Waals surface area contributed by atoms with Crippen LogP contribution in [0.1, 0.15) is 5.56 Å². The molecule has 0 bridgehead atoms. The van der Waals surface area contributed by atoms with Gasteiger partial charge >= 0.3 is 0 Å². The molecule has 9 heteroatoms. The number of benzene rings is 1. The maximum Gasteiger partial charge on any atom is 0.239 e. The van der Waals surface area contributed by atoms with E-state index < -0.39 is 0 Å². The Bertz CT molecular complexity index is 715. The van der Waals surface area contributed by atoms with Crippen molar-refractivity contribution in [3.63, 3.8) is 0 Å². The van der Waals surface area contributed by atoms with Crippen LogP contribution in [-0.2, 0) is 16.1 Å². The predicted molar refractivity (Wildman–Crippen MR) is 99.7 cm³/mol. The van der Waals surface area contributed by atoms with Gasteiger partial charge in [0.05, 0.1) is 13.2 Å². The molecule has 1 fully saturated rings. The molecule has 1 aliphatic heterocycles. The van der Waals surface area contributed by atoms with Crippen LogP contribution in [0.2, 0.25) is 0 Å². The van der Waals surface area contributed by atoms with Crippen LogP contribution in [0.25, 0.3) is 0 Å². The van der Waals surface area contributed by atoms with Crippen LogP contribution in [0.15, 0.2) is 42.6 Å². The van der Waals surface area contributed by atoms with Gasteiger partial charge < -0.3 is 20.1 Å². The van der Waals surface area contributed by atoms with Gasteiger partial charge in [0.1, 0.15) is 17.6 Å². The minimum atomic E-state index is -0.387. The van der Waals surface area contributed by atoms with Crippen molar-refractivity contribution in [2.24, 2.45) is 0 Å². The topological polar surface area (TPSA) is 72.5 Å². The number of rotatable bonds is 5. The van der Waals surface area contributed by atoms with E-state index in [1.807, 2.05) is 0 Å². The molecule has 1 aliphatic rings. The first-order chi connectivity index (χ1) is 11.7. The zero-order valence-electron chi connectivity index (χ0n) is 13.8. The molecule has 3 rings (SSSR count). The molecule has 0 aliphatic carbocycles. The number of aromatic nitrogens is 1. The van der Waals surface area contributed by atoms with Crippen LogP contribution in [0.3, 0.4) is 0 Å². The Morgan fingerprint density at radius 3 is 2.92 bits per heavy atom. The summed E-state index contributed by atoms with van der Waals surface area (Å²) in [7, 11) is 0. The molecule has 1 atom stereocenters. The molecule has 0 spiro atoms. The fourth-order valence-electron chi connectivity index (χ4n) is 2.33. The first-order valence-electron chi connectivity index (χ1n) is 7.68. The van der Waals surface area contributed by atoms with E-state index in [0.717, 1.165) is 0 Å². The van der Waals surface area contributed by atoms with E-state index in [1.54, 1.807) is 30.5 Å². The Morgan fingerprint density at radius 2 is 2.19 bits per heavy atom. The second-order valence-electron chi connectivity index (χ2n) is 5.33. The molecule has 1 aromatic heterocycles. The van der Waals surface area contributed by atoms with Gasteiger partial charge in [0, 0.05) is 30.9 Å². The number of ether oxygens (including phenoxy) is 2. The van der Waals surface area contributed by atoms with Crippen LogP contribution in [0.4, 0.5) is 4.39 Å². The number of carbonyl (C=O) groups excluding carboxylic acids is 1. The number of pyridine rings is 1. The number of hydrogen-bond acceptors (Lipinski definition) is 5. The summed E-state index contributed by atoms with van der Waals surface area (Å²) in [6, 6.07) is 9.01.